The highest BCUT2D eigenvalue weighted by Crippen LogP contribution is 2.39. The van der Waals surface area contributed by atoms with Crippen molar-refractivity contribution in [2.45, 2.75) is 12.6 Å². The van der Waals surface area contributed by atoms with E-state index in [9.17, 15) is 0 Å². The van der Waals surface area contributed by atoms with Gasteiger partial charge in [-0.05, 0) is 17.7 Å². The van der Waals surface area contributed by atoms with Crippen molar-refractivity contribution in [1.82, 2.24) is 20.0 Å². The summed E-state index contributed by atoms with van der Waals surface area (Å²) < 4.78 is 18.5. The van der Waals surface area contributed by atoms with E-state index in [-0.39, 0.29) is 36.9 Å². The van der Waals surface area contributed by atoms with Crippen molar-refractivity contribution in [3.63, 3.8) is 0 Å². The number of benzene rings is 1. The molecule has 1 unspecified atom stereocenters. The Morgan fingerprint density at radius 1 is 1.39 bits per heavy atom. The van der Waals surface area contributed by atoms with E-state index < -0.39 is 0 Å². The summed E-state index contributed by atoms with van der Waals surface area (Å²) in [5.74, 6) is 2.11. The molecule has 4 rings (SSSR count). The molecule has 0 amide bonds. The van der Waals surface area contributed by atoms with Crippen LogP contribution >= 0.6 is 35.6 Å². The molecule has 1 saturated heterocycles. The van der Waals surface area contributed by atoms with Crippen molar-refractivity contribution < 1.29 is 14.2 Å². The van der Waals surface area contributed by atoms with Crippen LogP contribution in [0.5, 0.6) is 11.5 Å². The Hall–Kier alpha value is -1.72. The molecule has 1 aromatic carbocycles. The van der Waals surface area contributed by atoms with E-state index >= 15 is 0 Å². The molecule has 1 fully saturated rings. The molecule has 0 aliphatic carbocycles. The number of ether oxygens (including phenoxy) is 3. The molecule has 152 valence electrons. The summed E-state index contributed by atoms with van der Waals surface area (Å²) in [6.07, 6.45) is 3.81. The predicted molar refractivity (Wildman–Crippen MR) is 117 cm³/mol. The average Bonchev–Trinajstić information content (AvgIpc) is 3.32. The van der Waals surface area contributed by atoms with E-state index in [4.69, 9.17) is 25.8 Å². The summed E-state index contributed by atoms with van der Waals surface area (Å²) in [6, 6.07) is 3.82. The Morgan fingerprint density at radius 2 is 2.25 bits per heavy atom. The van der Waals surface area contributed by atoms with Crippen molar-refractivity contribution in [3.05, 3.63) is 40.7 Å². The van der Waals surface area contributed by atoms with Crippen LogP contribution in [0.25, 0.3) is 0 Å². The Balaban J connectivity index is 0.00000225. The fourth-order valence-corrected chi connectivity index (χ4v) is 3.57. The molecule has 1 N–H and O–H groups in total. The number of aromatic nitrogens is 2. The van der Waals surface area contributed by atoms with E-state index in [1.54, 1.807) is 11.7 Å². The van der Waals surface area contributed by atoms with Crippen LogP contribution in [0, 0.1) is 0 Å². The molecule has 0 radical (unpaired) electrons. The van der Waals surface area contributed by atoms with Crippen molar-refractivity contribution in [1.29, 1.82) is 0 Å². The van der Waals surface area contributed by atoms with Gasteiger partial charge in [-0.2, -0.15) is 5.10 Å². The maximum Gasteiger partial charge on any atom is 0.231 e. The number of fused-ring (bicyclic) bond motifs is 1. The van der Waals surface area contributed by atoms with Crippen LogP contribution in [0.1, 0.15) is 17.2 Å². The van der Waals surface area contributed by atoms with Gasteiger partial charge in [0.25, 0.3) is 0 Å². The lowest BCUT2D eigenvalue weighted by Crippen LogP contribution is -2.47. The van der Waals surface area contributed by atoms with E-state index in [0.717, 1.165) is 23.6 Å². The second-order valence-corrected chi connectivity index (χ2v) is 6.87. The molecule has 2 aliphatic rings. The lowest BCUT2D eigenvalue weighted by atomic mass is 10.1. The van der Waals surface area contributed by atoms with Crippen molar-refractivity contribution in [3.8, 4) is 11.5 Å². The topological polar surface area (TPSA) is 73.1 Å². The van der Waals surface area contributed by atoms with Crippen LogP contribution in [0.2, 0.25) is 5.02 Å². The molecule has 8 nitrogen and oxygen atoms in total. The van der Waals surface area contributed by atoms with Gasteiger partial charge >= 0.3 is 0 Å². The molecular formula is C18H23ClIN5O3. The van der Waals surface area contributed by atoms with Crippen LogP contribution in [0.4, 0.5) is 0 Å². The van der Waals surface area contributed by atoms with E-state index in [2.05, 4.69) is 20.3 Å². The molecule has 28 heavy (non-hydrogen) atoms. The highest BCUT2D eigenvalue weighted by atomic mass is 127. The number of nitrogens with one attached hydrogen (secondary N) is 1. The molecule has 2 aromatic rings. The third-order valence-corrected chi connectivity index (χ3v) is 4.89. The maximum absolute atomic E-state index is 6.26. The predicted octanol–water partition coefficient (Wildman–Crippen LogP) is 2.57. The van der Waals surface area contributed by atoms with Crippen LogP contribution in [0.15, 0.2) is 29.5 Å². The molecule has 1 aromatic heterocycles. The highest BCUT2D eigenvalue weighted by Gasteiger charge is 2.25. The summed E-state index contributed by atoms with van der Waals surface area (Å²) in [6.45, 7) is 2.91. The summed E-state index contributed by atoms with van der Waals surface area (Å²) in [5.41, 5.74) is 2.07. The molecule has 0 saturated carbocycles. The number of nitrogens with zero attached hydrogens (tertiary/aromatic N) is 4. The standard InChI is InChI=1S/C18H22ClN5O3.HI/c1-20-18(21-7-12-5-14(19)17-15(6-12)26-11-27-17)24-3-4-25-16(10-24)13-8-22-23(2)9-13;/h5-6,8-9,16H,3-4,7,10-11H2,1-2H3,(H,20,21);1H. The number of rotatable bonds is 3. The lowest BCUT2D eigenvalue weighted by Gasteiger charge is -2.34. The van der Waals surface area contributed by atoms with E-state index in [0.29, 0.717) is 36.2 Å². The van der Waals surface area contributed by atoms with Crippen LogP contribution < -0.4 is 14.8 Å². The molecule has 0 spiro atoms. The van der Waals surface area contributed by atoms with Crippen LogP contribution in [0.3, 0.4) is 0 Å². The van der Waals surface area contributed by atoms with Gasteiger partial charge in [0.15, 0.2) is 17.5 Å². The number of morpholine rings is 1. The Bertz CT molecular complexity index is 860. The zero-order valence-electron chi connectivity index (χ0n) is 15.7. The van der Waals surface area contributed by atoms with Gasteiger partial charge in [-0.3, -0.25) is 9.67 Å². The molecule has 1 atom stereocenters. The number of halogens is 2. The normalized spacial score (nSPS) is 18.8. The SMILES string of the molecule is CN=C(NCc1cc(Cl)c2c(c1)OCO2)N1CCOC(c2cnn(C)c2)C1.I. The van der Waals surface area contributed by atoms with Gasteiger partial charge in [-0.15, -0.1) is 24.0 Å². The molecule has 2 aliphatic heterocycles. The fourth-order valence-electron chi connectivity index (χ4n) is 3.29. The minimum Gasteiger partial charge on any atom is -0.454 e. The largest absolute Gasteiger partial charge is 0.454 e. The average molecular weight is 520 g/mol. The zero-order chi connectivity index (χ0) is 18.8. The van der Waals surface area contributed by atoms with Gasteiger partial charge in [0, 0.05) is 38.9 Å². The summed E-state index contributed by atoms with van der Waals surface area (Å²) in [4.78, 5) is 6.61. The summed E-state index contributed by atoms with van der Waals surface area (Å²) in [5, 5.41) is 8.18. The van der Waals surface area contributed by atoms with Gasteiger partial charge in [0.2, 0.25) is 6.79 Å². The van der Waals surface area contributed by atoms with Crippen molar-refractivity contribution >= 4 is 41.5 Å². The monoisotopic (exact) mass is 519 g/mol. The number of hydrogen-bond acceptors (Lipinski definition) is 5. The second-order valence-electron chi connectivity index (χ2n) is 6.46. The highest BCUT2D eigenvalue weighted by molar-refractivity contribution is 14.0. The van der Waals surface area contributed by atoms with E-state index in [1.807, 2.05) is 31.6 Å². The molecule has 10 heteroatoms. The first-order valence-corrected chi connectivity index (χ1v) is 9.15. The first-order valence-electron chi connectivity index (χ1n) is 8.78. The number of hydrogen-bond donors (Lipinski definition) is 1. The number of guanidine groups is 1. The third kappa shape index (κ3) is 4.47. The van der Waals surface area contributed by atoms with Gasteiger partial charge in [0.05, 0.1) is 24.4 Å². The smallest absolute Gasteiger partial charge is 0.231 e. The van der Waals surface area contributed by atoms with Gasteiger partial charge in [-0.1, -0.05) is 11.6 Å². The van der Waals surface area contributed by atoms with Gasteiger partial charge in [-0.25, -0.2) is 0 Å². The second kappa shape index (κ2) is 9.19. The Morgan fingerprint density at radius 3 is 3.00 bits per heavy atom. The third-order valence-electron chi connectivity index (χ3n) is 4.61. The minimum absolute atomic E-state index is 0. The zero-order valence-corrected chi connectivity index (χ0v) is 18.8. The molecule has 3 heterocycles. The Labute approximate surface area is 185 Å². The Kier molecular flexibility index (Phi) is 6.89. The first-order chi connectivity index (χ1) is 13.1. The number of aryl methyl sites for hydroxylation is 1. The number of aliphatic imine (C=N–C) groups is 1. The minimum atomic E-state index is -0.0222. The van der Waals surface area contributed by atoms with E-state index in [1.165, 1.54) is 0 Å². The summed E-state index contributed by atoms with van der Waals surface area (Å²) >= 11 is 6.26. The quantitative estimate of drug-likeness (QED) is 0.382. The van der Waals surface area contributed by atoms with Gasteiger partial charge < -0.3 is 24.4 Å². The first kappa shape index (κ1) is 21.0. The van der Waals surface area contributed by atoms with Crippen LogP contribution in [-0.4, -0.2) is 54.2 Å². The van der Waals surface area contributed by atoms with Crippen LogP contribution in [-0.2, 0) is 18.3 Å². The lowest BCUT2D eigenvalue weighted by molar-refractivity contribution is -0.00805. The fraction of sp³-hybridized carbons (Fsp3) is 0.444. The molecule has 0 bridgehead atoms. The summed E-state index contributed by atoms with van der Waals surface area (Å²) in [7, 11) is 3.69. The molecular weight excluding hydrogens is 497 g/mol. The van der Waals surface area contributed by atoms with Crippen molar-refractivity contribution in [2.75, 3.05) is 33.5 Å². The van der Waals surface area contributed by atoms with Gasteiger partial charge in [0.1, 0.15) is 6.10 Å². The van der Waals surface area contributed by atoms with Crippen molar-refractivity contribution in [2.24, 2.45) is 12.0 Å². The maximum atomic E-state index is 6.26.